The molecule has 0 amide bonds. The van der Waals surface area contributed by atoms with E-state index in [4.69, 9.17) is 5.73 Å². The van der Waals surface area contributed by atoms with Gasteiger partial charge >= 0.3 is 6.61 Å². The van der Waals surface area contributed by atoms with E-state index in [1.807, 2.05) is 19.1 Å². The Bertz CT molecular complexity index is 291. The van der Waals surface area contributed by atoms with Crippen molar-refractivity contribution in [2.24, 2.45) is 5.73 Å². The molecule has 1 rings (SSSR count). The number of halogens is 2. The molecule has 0 bridgehead atoms. The van der Waals surface area contributed by atoms with Crippen molar-refractivity contribution in [1.29, 1.82) is 0 Å². The summed E-state index contributed by atoms with van der Waals surface area (Å²) in [4.78, 5) is 0. The Labute approximate surface area is 81.7 Å². The van der Waals surface area contributed by atoms with Gasteiger partial charge < -0.3 is 10.5 Å². The van der Waals surface area contributed by atoms with Gasteiger partial charge in [0.2, 0.25) is 0 Å². The molecule has 78 valence electrons. The monoisotopic (exact) mass is 201 g/mol. The summed E-state index contributed by atoms with van der Waals surface area (Å²) in [6.07, 6.45) is -0.726. The zero-order valence-corrected chi connectivity index (χ0v) is 7.91. The first-order valence-electron chi connectivity index (χ1n) is 4.34. The van der Waals surface area contributed by atoms with Gasteiger partial charge in [-0.15, -0.1) is 0 Å². The van der Waals surface area contributed by atoms with E-state index in [1.165, 1.54) is 0 Å². The Kier molecular flexibility index (Phi) is 3.98. The van der Waals surface area contributed by atoms with Crippen molar-refractivity contribution in [1.82, 2.24) is 0 Å². The van der Waals surface area contributed by atoms with E-state index in [1.54, 1.807) is 12.1 Å². The van der Waals surface area contributed by atoms with Crippen molar-refractivity contribution < 1.29 is 13.5 Å². The van der Waals surface area contributed by atoms with Crippen LogP contribution in [0, 0.1) is 6.92 Å². The first-order chi connectivity index (χ1) is 6.65. The number of hydrogen-bond acceptors (Lipinski definition) is 2. The molecule has 2 N–H and O–H groups in total. The fourth-order valence-corrected chi connectivity index (χ4v) is 1.33. The molecule has 1 aromatic carbocycles. The molecule has 0 aliphatic heterocycles. The largest absolute Gasteiger partial charge is 0.345 e. The lowest BCUT2D eigenvalue weighted by Crippen LogP contribution is -2.19. The highest BCUT2D eigenvalue weighted by Gasteiger charge is 2.16. The molecule has 4 heteroatoms. The number of hydrogen-bond donors (Lipinski definition) is 1. The van der Waals surface area contributed by atoms with Crippen molar-refractivity contribution in [2.75, 3.05) is 6.54 Å². The lowest BCUT2D eigenvalue weighted by molar-refractivity contribution is -0.162. The fourth-order valence-electron chi connectivity index (χ4n) is 1.33. The van der Waals surface area contributed by atoms with Crippen LogP contribution in [0.3, 0.4) is 0 Å². The molecule has 0 aliphatic rings. The quantitative estimate of drug-likeness (QED) is 0.810. The van der Waals surface area contributed by atoms with Gasteiger partial charge in [0.25, 0.3) is 0 Å². The van der Waals surface area contributed by atoms with Crippen LogP contribution in [-0.2, 0) is 4.74 Å². The SMILES string of the molecule is Cc1ccccc1C(CN)OC(F)F. The fraction of sp³-hybridized carbons (Fsp3) is 0.400. The third-order valence-electron chi connectivity index (χ3n) is 2.02. The van der Waals surface area contributed by atoms with Crippen LogP contribution in [0.5, 0.6) is 0 Å². The van der Waals surface area contributed by atoms with E-state index >= 15 is 0 Å². The second-order valence-electron chi connectivity index (χ2n) is 2.98. The number of nitrogens with two attached hydrogens (primary N) is 1. The Balaban J connectivity index is 2.83. The lowest BCUT2D eigenvalue weighted by Gasteiger charge is -2.17. The first-order valence-corrected chi connectivity index (χ1v) is 4.34. The molecule has 2 nitrogen and oxygen atoms in total. The van der Waals surface area contributed by atoms with Crippen LogP contribution in [-0.4, -0.2) is 13.2 Å². The smallest absolute Gasteiger partial charge is 0.328 e. The zero-order valence-electron chi connectivity index (χ0n) is 7.91. The van der Waals surface area contributed by atoms with Crippen LogP contribution in [0.15, 0.2) is 24.3 Å². The minimum absolute atomic E-state index is 0.0508. The van der Waals surface area contributed by atoms with E-state index < -0.39 is 12.7 Å². The number of aryl methyl sites for hydroxylation is 1. The number of alkyl halides is 2. The van der Waals surface area contributed by atoms with Crippen LogP contribution in [0.4, 0.5) is 8.78 Å². The van der Waals surface area contributed by atoms with Crippen molar-refractivity contribution in [3.8, 4) is 0 Å². The summed E-state index contributed by atoms with van der Waals surface area (Å²) in [6.45, 7) is -0.898. The summed E-state index contributed by atoms with van der Waals surface area (Å²) in [5.74, 6) is 0. The van der Waals surface area contributed by atoms with Gasteiger partial charge in [-0.1, -0.05) is 24.3 Å². The minimum Gasteiger partial charge on any atom is -0.328 e. The summed E-state index contributed by atoms with van der Waals surface area (Å²) in [7, 11) is 0. The lowest BCUT2D eigenvalue weighted by atomic mass is 10.0. The van der Waals surface area contributed by atoms with E-state index in [2.05, 4.69) is 4.74 Å². The predicted octanol–water partition coefficient (Wildman–Crippen LogP) is 2.23. The van der Waals surface area contributed by atoms with Gasteiger partial charge in [-0.3, -0.25) is 0 Å². The van der Waals surface area contributed by atoms with Gasteiger partial charge in [-0.25, -0.2) is 0 Å². The molecule has 1 atom stereocenters. The molecule has 0 radical (unpaired) electrons. The van der Waals surface area contributed by atoms with Crippen LogP contribution < -0.4 is 5.73 Å². The van der Waals surface area contributed by atoms with Gasteiger partial charge in [0.15, 0.2) is 0 Å². The summed E-state index contributed by atoms with van der Waals surface area (Å²) < 4.78 is 28.4. The minimum atomic E-state index is -2.79. The standard InChI is InChI=1S/C10H13F2NO/c1-7-4-2-3-5-8(7)9(6-13)14-10(11)12/h2-5,9-10H,6,13H2,1H3. The highest BCUT2D eigenvalue weighted by Crippen LogP contribution is 2.22. The van der Waals surface area contributed by atoms with Crippen molar-refractivity contribution in [2.45, 2.75) is 19.6 Å². The van der Waals surface area contributed by atoms with E-state index in [0.717, 1.165) is 11.1 Å². The number of ether oxygens (including phenoxy) is 1. The van der Waals surface area contributed by atoms with Gasteiger partial charge in [0, 0.05) is 6.54 Å². The van der Waals surface area contributed by atoms with Crippen molar-refractivity contribution in [3.63, 3.8) is 0 Å². The summed E-state index contributed by atoms with van der Waals surface area (Å²) in [5.41, 5.74) is 6.99. The van der Waals surface area contributed by atoms with Crippen LogP contribution in [0.1, 0.15) is 17.2 Å². The second-order valence-corrected chi connectivity index (χ2v) is 2.98. The normalized spacial score (nSPS) is 13.2. The molecule has 0 aliphatic carbocycles. The molecule has 0 aromatic heterocycles. The molecule has 1 unspecified atom stereocenters. The van der Waals surface area contributed by atoms with Crippen LogP contribution in [0.2, 0.25) is 0 Å². The number of rotatable bonds is 4. The third-order valence-corrected chi connectivity index (χ3v) is 2.02. The maximum absolute atomic E-state index is 12.0. The first kappa shape index (κ1) is 11.1. The third kappa shape index (κ3) is 2.75. The summed E-state index contributed by atoms with van der Waals surface area (Å²) >= 11 is 0. The van der Waals surface area contributed by atoms with Gasteiger partial charge in [-0.05, 0) is 18.1 Å². The van der Waals surface area contributed by atoms with Crippen molar-refractivity contribution in [3.05, 3.63) is 35.4 Å². The molecule has 0 saturated heterocycles. The molecule has 0 spiro atoms. The van der Waals surface area contributed by atoms with Gasteiger partial charge in [-0.2, -0.15) is 8.78 Å². The summed E-state index contributed by atoms with van der Waals surface area (Å²) in [5, 5.41) is 0. The Morgan fingerprint density at radius 1 is 1.36 bits per heavy atom. The van der Waals surface area contributed by atoms with E-state index in [9.17, 15) is 8.78 Å². The maximum atomic E-state index is 12.0. The van der Waals surface area contributed by atoms with Gasteiger partial charge in [0.05, 0.1) is 0 Å². The molecular weight excluding hydrogens is 188 g/mol. The molecule has 0 heterocycles. The molecule has 1 aromatic rings. The van der Waals surface area contributed by atoms with E-state index in [-0.39, 0.29) is 6.54 Å². The molecular formula is C10H13F2NO. The Morgan fingerprint density at radius 3 is 2.50 bits per heavy atom. The Morgan fingerprint density at radius 2 is 2.00 bits per heavy atom. The van der Waals surface area contributed by atoms with Crippen LogP contribution in [0.25, 0.3) is 0 Å². The Hall–Kier alpha value is -1.00. The summed E-state index contributed by atoms with van der Waals surface area (Å²) in [6, 6.07) is 7.21. The predicted molar refractivity (Wildman–Crippen MR) is 50.1 cm³/mol. The zero-order chi connectivity index (χ0) is 10.6. The number of benzene rings is 1. The molecule has 0 fully saturated rings. The average Bonchev–Trinajstić information content (AvgIpc) is 2.15. The highest BCUT2D eigenvalue weighted by molar-refractivity contribution is 5.27. The maximum Gasteiger partial charge on any atom is 0.345 e. The van der Waals surface area contributed by atoms with Crippen molar-refractivity contribution >= 4 is 0 Å². The highest BCUT2D eigenvalue weighted by atomic mass is 19.3. The molecule has 0 saturated carbocycles. The van der Waals surface area contributed by atoms with Crippen LogP contribution >= 0.6 is 0 Å². The second kappa shape index (κ2) is 5.02. The average molecular weight is 201 g/mol. The van der Waals surface area contributed by atoms with Gasteiger partial charge in [0.1, 0.15) is 6.10 Å². The topological polar surface area (TPSA) is 35.2 Å². The van der Waals surface area contributed by atoms with E-state index in [0.29, 0.717) is 0 Å². The molecule has 14 heavy (non-hydrogen) atoms.